The molecule has 0 fully saturated rings. The van der Waals surface area contributed by atoms with E-state index in [0.29, 0.717) is 0 Å². The van der Waals surface area contributed by atoms with Crippen LogP contribution in [0, 0.1) is 13.8 Å². The van der Waals surface area contributed by atoms with Crippen LogP contribution in [-0.2, 0) is 16.6 Å². The summed E-state index contributed by atoms with van der Waals surface area (Å²) in [6, 6.07) is 3.57. The number of carbonyl (C=O) groups is 2. The van der Waals surface area contributed by atoms with Crippen molar-refractivity contribution in [2.75, 3.05) is 6.61 Å². The fraction of sp³-hybridized carbons (Fsp3) is 0.235. The third-order valence-electron chi connectivity index (χ3n) is 3.58. The zero-order chi connectivity index (χ0) is 17.9. The molecule has 7 heteroatoms. The Morgan fingerprint density at radius 3 is 2.58 bits per heavy atom. The second-order valence-electron chi connectivity index (χ2n) is 5.27. The standard InChI is InChI=1S/C17H18N2O5/c1-10-13(11(2)19(3)18-10)6-7-17(23)24-9-16(22)14-5-4-12(20)8-15(14)21/h4-8,20-21H,9H2,1-3H3/b7-6+. The molecular weight excluding hydrogens is 312 g/mol. The van der Waals surface area contributed by atoms with Crippen LogP contribution in [0.5, 0.6) is 11.5 Å². The van der Waals surface area contributed by atoms with Gasteiger partial charge in [0.1, 0.15) is 11.5 Å². The molecule has 24 heavy (non-hydrogen) atoms. The summed E-state index contributed by atoms with van der Waals surface area (Å²) in [5.41, 5.74) is 2.48. The van der Waals surface area contributed by atoms with E-state index >= 15 is 0 Å². The number of ketones is 1. The van der Waals surface area contributed by atoms with Crippen molar-refractivity contribution < 1.29 is 24.5 Å². The van der Waals surface area contributed by atoms with Gasteiger partial charge in [-0.3, -0.25) is 9.48 Å². The van der Waals surface area contributed by atoms with Gasteiger partial charge in [0.25, 0.3) is 0 Å². The van der Waals surface area contributed by atoms with Gasteiger partial charge in [-0.05, 0) is 32.1 Å². The number of Topliss-reactive ketones (excluding diaryl/α,β-unsaturated/α-hetero) is 1. The smallest absolute Gasteiger partial charge is 0.331 e. The molecule has 0 saturated carbocycles. The lowest BCUT2D eigenvalue weighted by molar-refractivity contribution is -0.136. The fourth-order valence-corrected chi connectivity index (χ4v) is 2.20. The van der Waals surface area contributed by atoms with Crippen LogP contribution >= 0.6 is 0 Å². The molecule has 1 heterocycles. The van der Waals surface area contributed by atoms with Gasteiger partial charge in [-0.2, -0.15) is 5.10 Å². The number of phenols is 2. The molecule has 2 rings (SSSR count). The van der Waals surface area contributed by atoms with Crippen molar-refractivity contribution in [1.29, 1.82) is 0 Å². The van der Waals surface area contributed by atoms with Crippen LogP contribution in [0.2, 0.25) is 0 Å². The molecule has 0 amide bonds. The van der Waals surface area contributed by atoms with Crippen molar-refractivity contribution in [1.82, 2.24) is 9.78 Å². The number of nitrogens with zero attached hydrogens (tertiary/aromatic N) is 2. The van der Waals surface area contributed by atoms with Gasteiger partial charge >= 0.3 is 5.97 Å². The SMILES string of the molecule is Cc1nn(C)c(C)c1/C=C/C(=O)OCC(=O)c1ccc(O)cc1O. The number of carbonyl (C=O) groups excluding carboxylic acids is 2. The normalized spacial score (nSPS) is 11.0. The van der Waals surface area contributed by atoms with Gasteiger partial charge in [0, 0.05) is 30.4 Å². The number of benzene rings is 1. The highest BCUT2D eigenvalue weighted by molar-refractivity contribution is 6.01. The molecule has 0 radical (unpaired) electrons. The number of esters is 1. The predicted octanol–water partition coefficient (Wildman–Crippen LogP) is 1.89. The lowest BCUT2D eigenvalue weighted by atomic mass is 10.1. The molecule has 7 nitrogen and oxygen atoms in total. The van der Waals surface area contributed by atoms with Crippen LogP contribution in [0.3, 0.4) is 0 Å². The Hall–Kier alpha value is -3.09. The molecule has 0 aliphatic carbocycles. The van der Waals surface area contributed by atoms with E-state index in [0.717, 1.165) is 23.0 Å². The molecule has 0 saturated heterocycles. The Balaban J connectivity index is 1.98. The largest absolute Gasteiger partial charge is 0.508 e. The van der Waals surface area contributed by atoms with Crippen LogP contribution in [0.25, 0.3) is 6.08 Å². The summed E-state index contributed by atoms with van der Waals surface area (Å²) in [6.45, 7) is 3.20. The Morgan fingerprint density at radius 2 is 2.00 bits per heavy atom. The van der Waals surface area contributed by atoms with Crippen LogP contribution in [0.1, 0.15) is 27.3 Å². The predicted molar refractivity (Wildman–Crippen MR) is 86.8 cm³/mol. The Kier molecular flexibility index (Phi) is 5.03. The molecule has 0 aliphatic heterocycles. The average Bonchev–Trinajstić information content (AvgIpc) is 2.75. The summed E-state index contributed by atoms with van der Waals surface area (Å²) in [4.78, 5) is 23.6. The van der Waals surface area contributed by atoms with Crippen molar-refractivity contribution in [3.8, 4) is 11.5 Å². The summed E-state index contributed by atoms with van der Waals surface area (Å²) in [6.07, 6.45) is 2.81. The number of ether oxygens (including phenoxy) is 1. The topological polar surface area (TPSA) is 102 Å². The van der Waals surface area contributed by atoms with Crippen LogP contribution in [0.15, 0.2) is 24.3 Å². The highest BCUT2D eigenvalue weighted by Crippen LogP contribution is 2.23. The first-order chi connectivity index (χ1) is 11.3. The average molecular weight is 330 g/mol. The summed E-state index contributed by atoms with van der Waals surface area (Å²) < 4.78 is 6.58. The van der Waals surface area contributed by atoms with Crippen LogP contribution in [-0.4, -0.2) is 38.4 Å². The molecule has 1 aromatic carbocycles. The first-order valence-electron chi connectivity index (χ1n) is 7.19. The maximum absolute atomic E-state index is 11.9. The van der Waals surface area contributed by atoms with E-state index in [9.17, 15) is 19.8 Å². The Labute approximate surface area is 138 Å². The minimum absolute atomic E-state index is 0.0245. The van der Waals surface area contributed by atoms with Gasteiger partial charge in [0.2, 0.25) is 5.78 Å². The van der Waals surface area contributed by atoms with Crippen molar-refractivity contribution >= 4 is 17.8 Å². The summed E-state index contributed by atoms with van der Waals surface area (Å²) >= 11 is 0. The number of aryl methyl sites for hydroxylation is 2. The second kappa shape index (κ2) is 6.99. The first kappa shape index (κ1) is 17.3. The molecular formula is C17H18N2O5. The minimum atomic E-state index is -0.677. The second-order valence-corrected chi connectivity index (χ2v) is 5.27. The molecule has 2 N–H and O–H groups in total. The number of phenolic OH excluding ortho intramolecular Hbond substituents is 2. The quantitative estimate of drug-likeness (QED) is 0.493. The van der Waals surface area contributed by atoms with Crippen molar-refractivity contribution in [3.05, 3.63) is 46.8 Å². The summed E-state index contributed by atoms with van der Waals surface area (Å²) in [5.74, 6) is -1.77. The number of rotatable bonds is 5. The van der Waals surface area contributed by atoms with Gasteiger partial charge < -0.3 is 14.9 Å². The summed E-state index contributed by atoms with van der Waals surface area (Å²) in [5, 5.41) is 23.0. The van der Waals surface area contributed by atoms with E-state index in [1.807, 2.05) is 13.8 Å². The van der Waals surface area contributed by atoms with Gasteiger partial charge in [0.05, 0.1) is 11.3 Å². The zero-order valence-corrected chi connectivity index (χ0v) is 13.6. The van der Waals surface area contributed by atoms with E-state index in [-0.39, 0.29) is 17.1 Å². The lowest BCUT2D eigenvalue weighted by Crippen LogP contribution is -2.12. The maximum Gasteiger partial charge on any atom is 0.331 e. The van der Waals surface area contributed by atoms with Crippen molar-refractivity contribution in [2.45, 2.75) is 13.8 Å². The van der Waals surface area contributed by atoms with Crippen molar-refractivity contribution in [3.63, 3.8) is 0 Å². The van der Waals surface area contributed by atoms with E-state index in [1.54, 1.807) is 17.8 Å². The molecule has 0 atom stereocenters. The number of aromatic nitrogens is 2. The third kappa shape index (κ3) is 3.81. The third-order valence-corrected chi connectivity index (χ3v) is 3.58. The number of aromatic hydroxyl groups is 2. The molecule has 0 bridgehead atoms. The monoisotopic (exact) mass is 330 g/mol. The van der Waals surface area contributed by atoms with E-state index in [1.165, 1.54) is 18.2 Å². The molecule has 0 spiro atoms. The fourth-order valence-electron chi connectivity index (χ4n) is 2.20. The molecule has 2 aromatic rings. The van der Waals surface area contributed by atoms with Crippen LogP contribution in [0.4, 0.5) is 0 Å². The van der Waals surface area contributed by atoms with Crippen molar-refractivity contribution in [2.24, 2.45) is 7.05 Å². The molecule has 126 valence electrons. The van der Waals surface area contributed by atoms with Gasteiger partial charge in [-0.1, -0.05) is 0 Å². The van der Waals surface area contributed by atoms with E-state index in [4.69, 9.17) is 4.74 Å². The number of hydrogen-bond donors (Lipinski definition) is 2. The minimum Gasteiger partial charge on any atom is -0.508 e. The van der Waals surface area contributed by atoms with Gasteiger partial charge in [-0.25, -0.2) is 4.79 Å². The Morgan fingerprint density at radius 1 is 1.29 bits per heavy atom. The zero-order valence-electron chi connectivity index (χ0n) is 13.6. The van der Waals surface area contributed by atoms with E-state index in [2.05, 4.69) is 5.10 Å². The highest BCUT2D eigenvalue weighted by atomic mass is 16.5. The maximum atomic E-state index is 11.9. The Bertz CT molecular complexity index is 821. The summed E-state index contributed by atoms with van der Waals surface area (Å²) in [7, 11) is 1.81. The van der Waals surface area contributed by atoms with E-state index < -0.39 is 18.4 Å². The molecule has 1 aromatic heterocycles. The molecule has 0 aliphatic rings. The highest BCUT2D eigenvalue weighted by Gasteiger charge is 2.14. The van der Waals surface area contributed by atoms with Gasteiger partial charge in [-0.15, -0.1) is 0 Å². The first-order valence-corrected chi connectivity index (χ1v) is 7.19. The molecule has 0 unspecified atom stereocenters. The lowest BCUT2D eigenvalue weighted by Gasteiger charge is -2.04. The van der Waals surface area contributed by atoms with Gasteiger partial charge in [0.15, 0.2) is 6.61 Å². The number of hydrogen-bond acceptors (Lipinski definition) is 6. The van der Waals surface area contributed by atoms with Crippen LogP contribution < -0.4 is 0 Å².